The number of hydrogen-bond donors (Lipinski definition) is 5. The number of carbonyl (C=O) groups is 3. The number of esters is 1. The second-order valence-corrected chi connectivity index (χ2v) is 15.0. The second kappa shape index (κ2) is 14.5. The Labute approximate surface area is 285 Å². The van der Waals surface area contributed by atoms with Gasteiger partial charge in [0.2, 0.25) is 0 Å². The lowest BCUT2D eigenvalue weighted by Crippen LogP contribution is -2.58. The van der Waals surface area contributed by atoms with E-state index in [2.05, 4.69) is 46.1 Å². The highest BCUT2D eigenvalue weighted by molar-refractivity contribution is 6.23. The molecule has 10 atom stereocenters. The monoisotopic (exact) mass is 664 g/mol. The molecule has 2 aliphatic heterocycles. The minimum absolute atomic E-state index is 0.00810. The van der Waals surface area contributed by atoms with Gasteiger partial charge < -0.3 is 36.9 Å². The number of rotatable bonds is 11. The van der Waals surface area contributed by atoms with Gasteiger partial charge in [0, 0.05) is 43.3 Å². The Morgan fingerprint density at radius 1 is 1.19 bits per heavy atom. The molecule has 6 aliphatic rings. The molecule has 2 saturated heterocycles. The highest BCUT2D eigenvalue weighted by Gasteiger charge is 2.86. The van der Waals surface area contributed by atoms with E-state index in [0.717, 1.165) is 63.6 Å². The van der Waals surface area contributed by atoms with Crippen molar-refractivity contribution in [3.63, 3.8) is 0 Å². The van der Waals surface area contributed by atoms with Crippen molar-refractivity contribution in [2.75, 3.05) is 26.7 Å². The summed E-state index contributed by atoms with van der Waals surface area (Å²) in [6.45, 7) is 5.88. The van der Waals surface area contributed by atoms with E-state index >= 15 is 0 Å². The van der Waals surface area contributed by atoms with Crippen LogP contribution in [0.3, 0.4) is 0 Å². The van der Waals surface area contributed by atoms with Crippen LogP contribution in [-0.4, -0.2) is 79.7 Å². The van der Waals surface area contributed by atoms with Gasteiger partial charge in [-0.05, 0) is 88.8 Å². The Hall–Kier alpha value is -2.86. The van der Waals surface area contributed by atoms with Gasteiger partial charge in [-0.1, -0.05) is 49.6 Å². The average Bonchev–Trinajstić information content (AvgIpc) is 3.80. The molecular formula is C37H56N6O5. The van der Waals surface area contributed by atoms with Gasteiger partial charge in [-0.25, -0.2) is 4.79 Å². The summed E-state index contributed by atoms with van der Waals surface area (Å²) >= 11 is 0. The van der Waals surface area contributed by atoms with Gasteiger partial charge in [0.15, 0.2) is 23.1 Å². The van der Waals surface area contributed by atoms with E-state index in [1.165, 1.54) is 5.57 Å². The fraction of sp³-hybridized carbons (Fsp3) is 0.730. The Balaban J connectivity index is 1.21. The first-order valence-electron chi connectivity index (χ1n) is 18.3. The molecule has 4 aliphatic carbocycles. The third kappa shape index (κ3) is 6.55. The zero-order chi connectivity index (χ0) is 34.1. The number of piperidine rings is 1. The number of ketones is 2. The summed E-state index contributed by atoms with van der Waals surface area (Å²) in [7, 11) is 1.65. The van der Waals surface area contributed by atoms with Crippen LogP contribution in [0, 0.1) is 29.6 Å². The molecule has 10 unspecified atom stereocenters. The Kier molecular flexibility index (Phi) is 10.6. The number of nitrogens with one attached hydrogen (secondary N) is 3. The molecule has 2 saturated carbocycles. The molecule has 11 heteroatoms. The maximum atomic E-state index is 14.3. The highest BCUT2D eigenvalue weighted by Crippen LogP contribution is 2.61. The van der Waals surface area contributed by atoms with Crippen LogP contribution in [0.2, 0.25) is 0 Å². The van der Waals surface area contributed by atoms with Crippen molar-refractivity contribution in [2.24, 2.45) is 46.0 Å². The van der Waals surface area contributed by atoms with Crippen LogP contribution in [0.5, 0.6) is 0 Å². The molecule has 7 N–H and O–H groups in total. The summed E-state index contributed by atoms with van der Waals surface area (Å²) in [6.07, 6.45) is 17.2. The number of epoxide rings is 1. The molecule has 0 spiro atoms. The van der Waals surface area contributed by atoms with Gasteiger partial charge in [-0.2, -0.15) is 0 Å². The Morgan fingerprint density at radius 3 is 2.69 bits per heavy atom. The van der Waals surface area contributed by atoms with Crippen LogP contribution in [0.1, 0.15) is 84.5 Å². The van der Waals surface area contributed by atoms with E-state index < -0.39 is 29.0 Å². The minimum Gasteiger partial charge on any atom is -0.463 e. The quantitative estimate of drug-likeness (QED) is 0.0552. The fourth-order valence-corrected chi connectivity index (χ4v) is 9.34. The molecule has 11 nitrogen and oxygen atoms in total. The lowest BCUT2D eigenvalue weighted by atomic mass is 9.61. The maximum Gasteiger partial charge on any atom is 0.350 e. The van der Waals surface area contributed by atoms with Crippen molar-refractivity contribution in [3.05, 3.63) is 35.5 Å². The minimum atomic E-state index is -1.87. The molecule has 4 fully saturated rings. The summed E-state index contributed by atoms with van der Waals surface area (Å²) in [5.74, 6) is -0.812. The first-order valence-corrected chi connectivity index (χ1v) is 18.3. The number of fused-ring (bicyclic) bond motifs is 3. The van der Waals surface area contributed by atoms with E-state index in [9.17, 15) is 14.4 Å². The van der Waals surface area contributed by atoms with Crippen molar-refractivity contribution in [2.45, 2.75) is 114 Å². The van der Waals surface area contributed by atoms with E-state index in [0.29, 0.717) is 31.1 Å². The maximum absolute atomic E-state index is 14.3. The standard InChI is InChI=1S/C37H56N6O5/c1-4-41-29-19-24-10-6-5-9-23(24)18-26(29)21-47-34(46)37-33(45)28-12-8-7-11-27(28)32(44)36(37,48-37)15-13-22(2)17-30(43-35(39)40-3)25-14-16-42-31(38)20-25/h6,10,13,19,23,25-31,41-42H,4-5,7-9,11-12,14-18,20-21,38H2,1-3H3,(H3,39,40,43). The summed E-state index contributed by atoms with van der Waals surface area (Å²) < 4.78 is 12.3. The van der Waals surface area contributed by atoms with Crippen LogP contribution in [0.4, 0.5) is 0 Å². The van der Waals surface area contributed by atoms with Crippen LogP contribution < -0.4 is 27.4 Å². The predicted octanol–water partition coefficient (Wildman–Crippen LogP) is 2.80. The van der Waals surface area contributed by atoms with E-state index in [-0.39, 0.29) is 54.7 Å². The van der Waals surface area contributed by atoms with Crippen molar-refractivity contribution in [1.82, 2.24) is 16.0 Å². The van der Waals surface area contributed by atoms with E-state index in [1.54, 1.807) is 7.05 Å². The van der Waals surface area contributed by atoms with Crippen LogP contribution in [0.25, 0.3) is 0 Å². The number of Topliss-reactive ketones (excluding diaryl/α,β-unsaturated/α-hetero) is 2. The largest absolute Gasteiger partial charge is 0.463 e. The molecule has 0 aromatic heterocycles. The Bertz CT molecular complexity index is 1380. The van der Waals surface area contributed by atoms with Gasteiger partial charge in [-0.15, -0.1) is 0 Å². The molecule has 2 heterocycles. The molecular weight excluding hydrogens is 608 g/mol. The number of guanidine groups is 1. The number of nitrogens with two attached hydrogens (primary N) is 2. The SMILES string of the molecule is CCNC1C=C2C=CCCC2CC1COC(=O)C12OC1(CC=C(C)CC(NC(N)=NC)C1CCNC(N)C1)C(=O)C1CCCCC1C2=O. The number of aliphatic imine (C=N–C) groups is 1. The van der Waals surface area contributed by atoms with E-state index in [4.69, 9.17) is 20.9 Å². The normalized spacial score (nSPS) is 38.7. The zero-order valence-electron chi connectivity index (χ0n) is 29.0. The van der Waals surface area contributed by atoms with Crippen molar-refractivity contribution >= 4 is 23.5 Å². The van der Waals surface area contributed by atoms with Crippen molar-refractivity contribution in [1.29, 1.82) is 0 Å². The van der Waals surface area contributed by atoms with Gasteiger partial charge in [0.1, 0.15) is 0 Å². The molecule has 6 rings (SSSR count). The number of allylic oxidation sites excluding steroid dienone is 3. The number of likely N-dealkylation sites (N-methyl/N-ethyl adjacent to an activating group) is 1. The second-order valence-electron chi connectivity index (χ2n) is 15.0. The third-order valence-corrected chi connectivity index (χ3v) is 12.0. The molecule has 264 valence electrons. The van der Waals surface area contributed by atoms with Crippen LogP contribution in [0.15, 0.2) is 40.4 Å². The molecule has 48 heavy (non-hydrogen) atoms. The molecule has 0 aromatic carbocycles. The lowest BCUT2D eigenvalue weighted by molar-refractivity contribution is -0.160. The summed E-state index contributed by atoms with van der Waals surface area (Å²) in [6, 6.07) is 0.0604. The first-order chi connectivity index (χ1) is 23.1. The number of nitrogens with zero attached hydrogens (tertiary/aromatic N) is 1. The summed E-state index contributed by atoms with van der Waals surface area (Å²) in [5, 5.41) is 10.2. The average molecular weight is 665 g/mol. The van der Waals surface area contributed by atoms with Crippen molar-refractivity contribution in [3.8, 4) is 0 Å². The smallest absolute Gasteiger partial charge is 0.350 e. The number of ether oxygens (including phenoxy) is 2. The summed E-state index contributed by atoms with van der Waals surface area (Å²) in [4.78, 5) is 46.8. The first kappa shape index (κ1) is 35.0. The van der Waals surface area contributed by atoms with Gasteiger partial charge in [-0.3, -0.25) is 14.6 Å². The fourth-order valence-electron chi connectivity index (χ4n) is 9.34. The molecule has 0 amide bonds. The van der Waals surface area contributed by atoms with Gasteiger partial charge in [0.25, 0.3) is 5.60 Å². The van der Waals surface area contributed by atoms with Crippen LogP contribution >= 0.6 is 0 Å². The molecule has 0 radical (unpaired) electrons. The molecule has 0 aromatic rings. The van der Waals surface area contributed by atoms with Crippen LogP contribution in [-0.2, 0) is 23.9 Å². The lowest BCUT2D eigenvalue weighted by Gasteiger charge is -2.38. The Morgan fingerprint density at radius 2 is 1.96 bits per heavy atom. The molecule has 0 bridgehead atoms. The van der Waals surface area contributed by atoms with E-state index in [1.807, 2.05) is 13.0 Å². The summed E-state index contributed by atoms with van der Waals surface area (Å²) in [5.41, 5.74) is 11.3. The third-order valence-electron chi connectivity index (χ3n) is 12.0. The number of hydrogen-bond acceptors (Lipinski definition) is 9. The van der Waals surface area contributed by atoms with Crippen molar-refractivity contribution < 1.29 is 23.9 Å². The van der Waals surface area contributed by atoms with Gasteiger partial charge in [0.05, 0.1) is 12.8 Å². The zero-order valence-corrected chi connectivity index (χ0v) is 29.0. The highest BCUT2D eigenvalue weighted by atomic mass is 16.7. The van der Waals surface area contributed by atoms with Gasteiger partial charge >= 0.3 is 5.97 Å². The number of carbonyl (C=O) groups excluding carboxylic acids is 3. The topological polar surface area (TPSA) is 173 Å². The predicted molar refractivity (Wildman–Crippen MR) is 185 cm³/mol.